The summed E-state index contributed by atoms with van der Waals surface area (Å²) in [6.45, 7) is 6.33. The maximum absolute atomic E-state index is 12.9. The quantitative estimate of drug-likeness (QED) is 0.184. The number of nitrogens with one attached hydrogen (secondary N) is 1. The monoisotopic (exact) mass is 486 g/mol. The van der Waals surface area contributed by atoms with E-state index >= 15 is 0 Å². The summed E-state index contributed by atoms with van der Waals surface area (Å²) in [5.74, 6) is 0.0303. The van der Waals surface area contributed by atoms with Crippen molar-refractivity contribution in [3.8, 4) is 16.9 Å². The number of nitro benzene ring substituents is 1. The van der Waals surface area contributed by atoms with Crippen molar-refractivity contribution in [1.82, 2.24) is 9.55 Å². The van der Waals surface area contributed by atoms with E-state index in [-0.39, 0.29) is 22.8 Å². The number of non-ortho nitro benzene ring substituents is 1. The van der Waals surface area contributed by atoms with Crippen LogP contribution >= 0.6 is 11.8 Å². The molecule has 0 aliphatic rings. The Kier molecular flexibility index (Phi) is 7.02. The third-order valence-corrected chi connectivity index (χ3v) is 6.35. The lowest BCUT2D eigenvalue weighted by molar-refractivity contribution is -0.384. The van der Waals surface area contributed by atoms with E-state index in [1.807, 2.05) is 65.4 Å². The molecule has 0 spiro atoms. The average molecular weight is 487 g/mol. The van der Waals surface area contributed by atoms with E-state index in [1.165, 1.54) is 23.9 Å². The van der Waals surface area contributed by atoms with Crippen molar-refractivity contribution in [1.29, 1.82) is 0 Å². The summed E-state index contributed by atoms with van der Waals surface area (Å²) in [4.78, 5) is 28.4. The van der Waals surface area contributed by atoms with Gasteiger partial charge < -0.3 is 5.32 Å². The van der Waals surface area contributed by atoms with Gasteiger partial charge in [-0.3, -0.25) is 19.5 Å². The molecule has 1 amide bonds. The number of carbonyl (C=O) groups is 1. The van der Waals surface area contributed by atoms with Gasteiger partial charge in [-0.1, -0.05) is 81.1 Å². The summed E-state index contributed by atoms with van der Waals surface area (Å²) in [5, 5.41) is 14.9. The number of aromatic nitrogens is 2. The fourth-order valence-electron chi connectivity index (χ4n) is 3.72. The number of hydrogen-bond donors (Lipinski definition) is 1. The van der Waals surface area contributed by atoms with Crippen molar-refractivity contribution in [3.05, 3.63) is 101 Å². The first-order valence-electron chi connectivity index (χ1n) is 11.1. The Morgan fingerprint density at radius 3 is 2.46 bits per heavy atom. The highest BCUT2D eigenvalue weighted by Gasteiger charge is 2.20. The Morgan fingerprint density at radius 2 is 1.74 bits per heavy atom. The van der Waals surface area contributed by atoms with Crippen LogP contribution in [0.3, 0.4) is 0 Å². The molecule has 0 radical (unpaired) electrons. The van der Waals surface area contributed by atoms with Crippen molar-refractivity contribution in [2.24, 2.45) is 0 Å². The zero-order chi connectivity index (χ0) is 25.0. The maximum atomic E-state index is 12.9. The predicted octanol–water partition coefficient (Wildman–Crippen LogP) is 6.48. The summed E-state index contributed by atoms with van der Waals surface area (Å²) in [6.07, 6.45) is 1.84. The number of rotatable bonds is 7. The molecule has 0 saturated carbocycles. The van der Waals surface area contributed by atoms with E-state index in [0.29, 0.717) is 16.4 Å². The molecule has 4 rings (SSSR count). The van der Waals surface area contributed by atoms with Crippen LogP contribution in [0.25, 0.3) is 16.9 Å². The smallest absolute Gasteiger partial charge is 0.270 e. The van der Waals surface area contributed by atoms with Crippen LogP contribution in [0.4, 0.5) is 11.4 Å². The van der Waals surface area contributed by atoms with Gasteiger partial charge in [0.25, 0.3) is 5.69 Å². The number of imidazole rings is 1. The summed E-state index contributed by atoms with van der Waals surface area (Å²) in [6, 6.07) is 23.9. The molecule has 0 aliphatic heterocycles. The SMILES string of the molecule is CC(C)(C)c1ccccc1NC(=O)CSc1nc(-c2cccc([N+](=O)[O-])c2)cn1-c1ccccc1. The van der Waals surface area contributed by atoms with Crippen LogP contribution in [0.5, 0.6) is 0 Å². The second-order valence-electron chi connectivity index (χ2n) is 9.05. The zero-order valence-electron chi connectivity index (χ0n) is 19.8. The molecule has 1 heterocycles. The average Bonchev–Trinajstić information content (AvgIpc) is 3.27. The van der Waals surface area contributed by atoms with E-state index in [2.05, 4.69) is 26.1 Å². The largest absolute Gasteiger partial charge is 0.325 e. The van der Waals surface area contributed by atoms with E-state index in [9.17, 15) is 14.9 Å². The zero-order valence-corrected chi connectivity index (χ0v) is 20.6. The normalized spacial score (nSPS) is 11.3. The first-order chi connectivity index (χ1) is 16.7. The molecular weight excluding hydrogens is 460 g/mol. The third kappa shape index (κ3) is 5.78. The number of nitrogens with zero attached hydrogens (tertiary/aromatic N) is 3. The number of amides is 1. The topological polar surface area (TPSA) is 90.1 Å². The van der Waals surface area contributed by atoms with E-state index in [1.54, 1.807) is 12.1 Å². The minimum absolute atomic E-state index is 0.00264. The van der Waals surface area contributed by atoms with E-state index in [0.717, 1.165) is 16.9 Å². The van der Waals surface area contributed by atoms with Gasteiger partial charge in [0.05, 0.1) is 16.4 Å². The molecule has 0 atom stereocenters. The first kappa shape index (κ1) is 24.2. The number of para-hydroxylation sites is 2. The van der Waals surface area contributed by atoms with Crippen LogP contribution in [0.1, 0.15) is 26.3 Å². The second kappa shape index (κ2) is 10.1. The van der Waals surface area contributed by atoms with Gasteiger partial charge in [0, 0.05) is 35.3 Å². The van der Waals surface area contributed by atoms with Crippen LogP contribution in [0.15, 0.2) is 90.2 Å². The molecule has 7 nitrogen and oxygen atoms in total. The minimum atomic E-state index is -0.423. The van der Waals surface area contributed by atoms with Gasteiger partial charge in [-0.05, 0) is 29.2 Å². The van der Waals surface area contributed by atoms with Gasteiger partial charge in [0.2, 0.25) is 5.91 Å². The summed E-state index contributed by atoms with van der Waals surface area (Å²) in [5.41, 5.74) is 3.89. The minimum Gasteiger partial charge on any atom is -0.325 e. The van der Waals surface area contributed by atoms with Crippen molar-refractivity contribution < 1.29 is 9.72 Å². The number of hydrogen-bond acceptors (Lipinski definition) is 5. The van der Waals surface area contributed by atoms with Crippen molar-refractivity contribution in [2.75, 3.05) is 11.1 Å². The van der Waals surface area contributed by atoms with Crippen LogP contribution in [0.2, 0.25) is 0 Å². The number of nitro groups is 1. The number of thioether (sulfide) groups is 1. The van der Waals surface area contributed by atoms with Gasteiger partial charge in [0.15, 0.2) is 5.16 Å². The van der Waals surface area contributed by atoms with Gasteiger partial charge in [-0.25, -0.2) is 4.98 Å². The van der Waals surface area contributed by atoms with Crippen LogP contribution < -0.4 is 5.32 Å². The summed E-state index contributed by atoms with van der Waals surface area (Å²) in [7, 11) is 0. The number of benzene rings is 3. The highest BCUT2D eigenvalue weighted by molar-refractivity contribution is 7.99. The Hall–Kier alpha value is -3.91. The Morgan fingerprint density at radius 1 is 1.03 bits per heavy atom. The Labute approximate surface area is 208 Å². The molecule has 0 fully saturated rings. The molecule has 178 valence electrons. The molecule has 0 saturated heterocycles. The van der Waals surface area contributed by atoms with Gasteiger partial charge >= 0.3 is 0 Å². The third-order valence-electron chi connectivity index (χ3n) is 5.40. The fraction of sp³-hybridized carbons (Fsp3) is 0.185. The molecule has 0 aliphatic carbocycles. The Bertz CT molecular complexity index is 1360. The lowest BCUT2D eigenvalue weighted by atomic mass is 9.86. The molecule has 8 heteroatoms. The van der Waals surface area contributed by atoms with Crippen LogP contribution in [0, 0.1) is 10.1 Å². The number of carbonyl (C=O) groups excluding carboxylic acids is 1. The lowest BCUT2D eigenvalue weighted by Crippen LogP contribution is -2.20. The van der Waals surface area contributed by atoms with Gasteiger partial charge in [0.1, 0.15) is 0 Å². The highest BCUT2D eigenvalue weighted by atomic mass is 32.2. The van der Waals surface area contributed by atoms with Crippen molar-refractivity contribution in [2.45, 2.75) is 31.3 Å². The standard InChI is InChI=1S/C27H26N4O3S/c1-27(2,3)22-14-7-8-15-23(22)28-25(32)18-35-26-29-24(17-30(26)20-11-5-4-6-12-20)19-10-9-13-21(16-19)31(33)34/h4-17H,18H2,1-3H3,(H,28,32). The first-order valence-corrected chi connectivity index (χ1v) is 12.1. The summed E-state index contributed by atoms with van der Waals surface area (Å²) >= 11 is 1.31. The second-order valence-corrected chi connectivity index (χ2v) is 10.00. The molecule has 1 N–H and O–H groups in total. The van der Waals surface area contributed by atoms with Crippen molar-refractivity contribution >= 4 is 29.0 Å². The van der Waals surface area contributed by atoms with E-state index < -0.39 is 4.92 Å². The van der Waals surface area contributed by atoms with Gasteiger partial charge in [-0.2, -0.15) is 0 Å². The molecule has 3 aromatic carbocycles. The van der Waals surface area contributed by atoms with E-state index in [4.69, 9.17) is 4.98 Å². The Balaban J connectivity index is 1.59. The number of anilines is 1. The molecule has 0 unspecified atom stereocenters. The summed E-state index contributed by atoms with van der Waals surface area (Å²) < 4.78 is 1.90. The molecular formula is C27H26N4O3S. The van der Waals surface area contributed by atoms with Crippen molar-refractivity contribution in [3.63, 3.8) is 0 Å². The fourth-order valence-corrected chi connectivity index (χ4v) is 4.51. The van der Waals surface area contributed by atoms with Crippen LogP contribution in [-0.2, 0) is 10.2 Å². The molecule has 0 bridgehead atoms. The van der Waals surface area contributed by atoms with Crippen LogP contribution in [-0.4, -0.2) is 26.1 Å². The van der Waals surface area contributed by atoms with Gasteiger partial charge in [-0.15, -0.1) is 0 Å². The highest BCUT2D eigenvalue weighted by Crippen LogP contribution is 2.31. The molecule has 35 heavy (non-hydrogen) atoms. The molecule has 4 aromatic rings. The lowest BCUT2D eigenvalue weighted by Gasteiger charge is -2.23. The maximum Gasteiger partial charge on any atom is 0.270 e. The molecule has 1 aromatic heterocycles. The predicted molar refractivity (Wildman–Crippen MR) is 140 cm³/mol.